The minimum absolute atomic E-state index is 0.115. The third kappa shape index (κ3) is 4.06. The monoisotopic (exact) mass is 369 g/mol. The molecule has 2 aromatic heterocycles. The van der Waals surface area contributed by atoms with Crippen LogP contribution in [0.25, 0.3) is 5.69 Å². The van der Waals surface area contributed by atoms with E-state index in [0.29, 0.717) is 37.9 Å². The lowest BCUT2D eigenvalue weighted by Crippen LogP contribution is -2.40. The van der Waals surface area contributed by atoms with Crippen LogP contribution in [0.5, 0.6) is 5.88 Å². The van der Waals surface area contributed by atoms with Crippen LogP contribution in [-0.4, -0.2) is 71.7 Å². The average molecular weight is 369 g/mol. The molecule has 0 saturated carbocycles. The SMILES string of the molecule is C/C=C\C(=NC)c1cc(C(=O)N2CCOCC2)nn1-c1ccc(OC)nc1. The molecule has 8 nitrogen and oxygen atoms in total. The second-order valence-corrected chi connectivity index (χ2v) is 5.90. The van der Waals surface area contributed by atoms with E-state index in [1.807, 2.05) is 25.1 Å². The van der Waals surface area contributed by atoms with Crippen molar-refractivity contribution in [1.29, 1.82) is 0 Å². The number of aromatic nitrogens is 3. The molecule has 0 aliphatic carbocycles. The number of hydrogen-bond acceptors (Lipinski definition) is 6. The summed E-state index contributed by atoms with van der Waals surface area (Å²) in [6.45, 7) is 4.13. The Kier molecular flexibility index (Phi) is 5.97. The molecule has 0 atom stereocenters. The Balaban J connectivity index is 2.03. The molecule has 3 rings (SSSR count). The standard InChI is InChI=1S/C19H23N5O3/c1-4-5-15(20-2)17-12-16(19(25)23-8-10-27-11-9-23)22-24(17)14-6-7-18(26-3)21-13-14/h4-7,12-13H,8-11H2,1-3H3/b5-4-,20-15?. The van der Waals surface area contributed by atoms with Crippen LogP contribution in [0, 0.1) is 0 Å². The van der Waals surface area contributed by atoms with Gasteiger partial charge in [-0.1, -0.05) is 6.08 Å². The van der Waals surface area contributed by atoms with Crippen LogP contribution in [0.3, 0.4) is 0 Å². The number of rotatable bonds is 5. The number of hydrogen-bond donors (Lipinski definition) is 0. The van der Waals surface area contributed by atoms with Crippen molar-refractivity contribution >= 4 is 11.6 Å². The summed E-state index contributed by atoms with van der Waals surface area (Å²) in [7, 11) is 3.27. The van der Waals surface area contributed by atoms with Crippen LogP contribution >= 0.6 is 0 Å². The molecule has 0 radical (unpaired) electrons. The normalized spacial score (nSPS) is 15.4. The predicted molar refractivity (Wildman–Crippen MR) is 102 cm³/mol. The van der Waals surface area contributed by atoms with Crippen molar-refractivity contribution in [2.75, 3.05) is 40.5 Å². The summed E-state index contributed by atoms with van der Waals surface area (Å²) < 4.78 is 12.1. The second kappa shape index (κ2) is 8.59. The number of aliphatic imine (C=N–C) groups is 1. The van der Waals surface area contributed by atoms with E-state index >= 15 is 0 Å². The van der Waals surface area contributed by atoms with Crippen LogP contribution in [-0.2, 0) is 4.74 Å². The molecule has 1 amide bonds. The molecule has 2 aromatic rings. The predicted octanol–water partition coefficient (Wildman–Crippen LogP) is 1.74. The van der Waals surface area contributed by atoms with Gasteiger partial charge in [0.2, 0.25) is 5.88 Å². The first-order valence-electron chi connectivity index (χ1n) is 8.75. The zero-order valence-corrected chi connectivity index (χ0v) is 15.8. The zero-order valence-electron chi connectivity index (χ0n) is 15.8. The van der Waals surface area contributed by atoms with E-state index in [1.165, 1.54) is 0 Å². The topological polar surface area (TPSA) is 81.8 Å². The Morgan fingerprint density at radius 2 is 2.11 bits per heavy atom. The van der Waals surface area contributed by atoms with Gasteiger partial charge in [0.1, 0.15) is 0 Å². The first kappa shape index (κ1) is 18.8. The van der Waals surface area contributed by atoms with Gasteiger partial charge in [-0.25, -0.2) is 9.67 Å². The van der Waals surface area contributed by atoms with Gasteiger partial charge in [0.05, 0.1) is 43.6 Å². The molecule has 27 heavy (non-hydrogen) atoms. The van der Waals surface area contributed by atoms with Crippen molar-refractivity contribution in [3.8, 4) is 11.6 Å². The van der Waals surface area contributed by atoms with Crippen LogP contribution in [0.4, 0.5) is 0 Å². The molecule has 0 bridgehead atoms. The summed E-state index contributed by atoms with van der Waals surface area (Å²) in [4.78, 5) is 23.2. The van der Waals surface area contributed by atoms with E-state index in [2.05, 4.69) is 15.1 Å². The van der Waals surface area contributed by atoms with Gasteiger partial charge < -0.3 is 14.4 Å². The van der Waals surface area contributed by atoms with Crippen LogP contribution in [0.1, 0.15) is 23.1 Å². The molecule has 1 aliphatic rings. The van der Waals surface area contributed by atoms with Crippen molar-refractivity contribution in [2.24, 2.45) is 4.99 Å². The molecular weight excluding hydrogens is 346 g/mol. The number of carbonyl (C=O) groups is 1. The van der Waals surface area contributed by atoms with Gasteiger partial charge in [0, 0.05) is 26.2 Å². The van der Waals surface area contributed by atoms with Gasteiger partial charge in [0.25, 0.3) is 5.91 Å². The quantitative estimate of drug-likeness (QED) is 0.750. The molecule has 1 saturated heterocycles. The van der Waals surface area contributed by atoms with E-state index in [9.17, 15) is 4.79 Å². The van der Waals surface area contributed by atoms with Gasteiger partial charge >= 0.3 is 0 Å². The summed E-state index contributed by atoms with van der Waals surface area (Å²) in [5, 5.41) is 4.55. The van der Waals surface area contributed by atoms with E-state index in [1.54, 1.807) is 42.1 Å². The molecular formula is C19H23N5O3. The van der Waals surface area contributed by atoms with Gasteiger partial charge in [-0.15, -0.1) is 0 Å². The smallest absolute Gasteiger partial charge is 0.274 e. The number of amides is 1. The third-order valence-corrected chi connectivity index (χ3v) is 4.23. The van der Waals surface area contributed by atoms with Crippen molar-refractivity contribution < 1.29 is 14.3 Å². The lowest BCUT2D eigenvalue weighted by molar-refractivity contribution is 0.0298. The fourth-order valence-corrected chi connectivity index (χ4v) is 2.84. The van der Waals surface area contributed by atoms with E-state index in [-0.39, 0.29) is 5.91 Å². The highest BCUT2D eigenvalue weighted by molar-refractivity contribution is 6.09. The van der Waals surface area contributed by atoms with Gasteiger partial charge in [-0.3, -0.25) is 9.79 Å². The number of allylic oxidation sites excluding steroid dienone is 2. The first-order valence-corrected chi connectivity index (χ1v) is 8.75. The van der Waals surface area contributed by atoms with Crippen molar-refractivity contribution in [1.82, 2.24) is 19.7 Å². The van der Waals surface area contributed by atoms with Crippen LogP contribution < -0.4 is 4.74 Å². The summed E-state index contributed by atoms with van der Waals surface area (Å²) >= 11 is 0. The third-order valence-electron chi connectivity index (χ3n) is 4.23. The molecule has 1 fully saturated rings. The second-order valence-electron chi connectivity index (χ2n) is 5.90. The number of carbonyl (C=O) groups excluding carboxylic acids is 1. The molecule has 0 spiro atoms. The molecule has 142 valence electrons. The molecule has 0 aromatic carbocycles. The van der Waals surface area contributed by atoms with Crippen LogP contribution in [0.2, 0.25) is 0 Å². The average Bonchev–Trinajstić information content (AvgIpc) is 3.17. The Labute approximate surface area is 158 Å². The minimum Gasteiger partial charge on any atom is -0.481 e. The molecule has 8 heteroatoms. The fraction of sp³-hybridized carbons (Fsp3) is 0.368. The first-order chi connectivity index (χ1) is 13.2. The zero-order chi connectivity index (χ0) is 19.2. The minimum atomic E-state index is -0.115. The highest BCUT2D eigenvalue weighted by Crippen LogP contribution is 2.18. The molecule has 0 unspecified atom stereocenters. The number of ether oxygens (including phenoxy) is 2. The van der Waals surface area contributed by atoms with E-state index in [0.717, 1.165) is 17.1 Å². The van der Waals surface area contributed by atoms with Crippen molar-refractivity contribution in [3.05, 3.63) is 47.9 Å². The molecule has 1 aliphatic heterocycles. The summed E-state index contributed by atoms with van der Waals surface area (Å²) in [5.41, 5.74) is 2.53. The van der Waals surface area contributed by atoms with Crippen LogP contribution in [0.15, 0.2) is 41.5 Å². The van der Waals surface area contributed by atoms with Gasteiger partial charge in [-0.05, 0) is 25.1 Å². The summed E-state index contributed by atoms with van der Waals surface area (Å²) in [6.07, 6.45) is 5.43. The summed E-state index contributed by atoms with van der Waals surface area (Å²) in [5.74, 6) is 0.394. The largest absolute Gasteiger partial charge is 0.481 e. The Bertz CT molecular complexity index is 849. The van der Waals surface area contributed by atoms with Crippen molar-refractivity contribution in [3.63, 3.8) is 0 Å². The fourth-order valence-electron chi connectivity index (χ4n) is 2.84. The molecule has 0 N–H and O–H groups in total. The Morgan fingerprint density at radius 3 is 2.70 bits per heavy atom. The number of pyridine rings is 1. The Morgan fingerprint density at radius 1 is 1.33 bits per heavy atom. The maximum atomic E-state index is 12.9. The van der Waals surface area contributed by atoms with Gasteiger partial charge in [0.15, 0.2) is 5.69 Å². The lowest BCUT2D eigenvalue weighted by atomic mass is 10.2. The highest BCUT2D eigenvalue weighted by atomic mass is 16.5. The molecule has 3 heterocycles. The summed E-state index contributed by atoms with van der Waals surface area (Å²) in [6, 6.07) is 5.36. The number of nitrogens with zero attached hydrogens (tertiary/aromatic N) is 5. The number of methoxy groups -OCH3 is 1. The van der Waals surface area contributed by atoms with Crippen molar-refractivity contribution in [2.45, 2.75) is 6.92 Å². The number of morpholine rings is 1. The Hall–Kier alpha value is -3.00. The van der Waals surface area contributed by atoms with E-state index < -0.39 is 0 Å². The van der Waals surface area contributed by atoms with E-state index in [4.69, 9.17) is 9.47 Å². The maximum Gasteiger partial charge on any atom is 0.274 e. The lowest BCUT2D eigenvalue weighted by Gasteiger charge is -2.25. The highest BCUT2D eigenvalue weighted by Gasteiger charge is 2.24. The van der Waals surface area contributed by atoms with Gasteiger partial charge in [-0.2, -0.15) is 5.10 Å². The maximum absolute atomic E-state index is 12.9.